The molecule has 1 atom stereocenters. The lowest BCUT2D eigenvalue weighted by Gasteiger charge is -2.18. The number of H-pyrrole nitrogens is 1. The highest BCUT2D eigenvalue weighted by molar-refractivity contribution is 6.31. The number of hydrogen-bond acceptors (Lipinski definition) is 3. The summed E-state index contributed by atoms with van der Waals surface area (Å²) in [5, 5.41) is 12.3. The number of carbonyl (C=O) groups is 2. The fourth-order valence-electron chi connectivity index (χ4n) is 4.07. The fraction of sp³-hybridized carbons (Fsp3) is 0.0870. The molecule has 3 aromatic carbocycles. The van der Waals surface area contributed by atoms with Crippen LogP contribution in [0.1, 0.15) is 43.4 Å². The van der Waals surface area contributed by atoms with Crippen molar-refractivity contribution in [1.82, 2.24) is 15.5 Å². The monoisotopic (exact) mass is 506 g/mol. The SMILES string of the molecule is O=C(Nc1cc2cn[nH]c2c2c1C(c1cc(F)ccc1Cl)NC2=O)c1cc(F)cc(C(F)(F)F)c1. The van der Waals surface area contributed by atoms with E-state index < -0.39 is 46.8 Å². The number of benzene rings is 3. The number of anilines is 1. The molecule has 0 saturated carbocycles. The van der Waals surface area contributed by atoms with E-state index in [0.29, 0.717) is 23.0 Å². The number of nitrogens with zero attached hydrogens (tertiary/aromatic N) is 1. The van der Waals surface area contributed by atoms with Gasteiger partial charge in [-0.25, -0.2) is 8.78 Å². The molecular weight excluding hydrogens is 495 g/mol. The zero-order valence-electron chi connectivity index (χ0n) is 17.2. The Morgan fingerprint density at radius 3 is 2.57 bits per heavy atom. The van der Waals surface area contributed by atoms with Gasteiger partial charge in [0.1, 0.15) is 11.6 Å². The molecule has 3 N–H and O–H groups in total. The van der Waals surface area contributed by atoms with Crippen LogP contribution in [0.2, 0.25) is 5.02 Å². The van der Waals surface area contributed by atoms with Gasteiger partial charge < -0.3 is 10.6 Å². The van der Waals surface area contributed by atoms with Crippen LogP contribution in [0.25, 0.3) is 10.9 Å². The Balaban J connectivity index is 1.65. The Bertz CT molecular complexity index is 1530. The van der Waals surface area contributed by atoms with Crippen molar-refractivity contribution >= 4 is 40.0 Å². The largest absolute Gasteiger partial charge is 0.416 e. The average molecular weight is 507 g/mol. The number of aromatic amines is 1. The molecular formula is C23H12ClF5N4O2. The Labute approximate surface area is 198 Å². The molecule has 1 aliphatic heterocycles. The summed E-state index contributed by atoms with van der Waals surface area (Å²) in [7, 11) is 0. The van der Waals surface area contributed by atoms with Gasteiger partial charge in [0.25, 0.3) is 11.8 Å². The first-order chi connectivity index (χ1) is 16.5. The van der Waals surface area contributed by atoms with E-state index in [9.17, 15) is 31.5 Å². The summed E-state index contributed by atoms with van der Waals surface area (Å²) >= 11 is 6.25. The van der Waals surface area contributed by atoms with Gasteiger partial charge in [-0.1, -0.05) is 11.6 Å². The van der Waals surface area contributed by atoms with E-state index in [1.54, 1.807) is 0 Å². The Morgan fingerprint density at radius 2 is 1.83 bits per heavy atom. The minimum absolute atomic E-state index is 0.0281. The van der Waals surface area contributed by atoms with E-state index in [1.807, 2.05) is 0 Å². The predicted octanol–water partition coefficient (Wildman–Crippen LogP) is 5.60. The first-order valence-electron chi connectivity index (χ1n) is 9.98. The molecule has 0 bridgehead atoms. The van der Waals surface area contributed by atoms with Crippen molar-refractivity contribution in [2.24, 2.45) is 0 Å². The van der Waals surface area contributed by atoms with Crippen LogP contribution in [-0.2, 0) is 6.18 Å². The molecule has 0 saturated heterocycles. The number of alkyl halides is 3. The predicted molar refractivity (Wildman–Crippen MR) is 116 cm³/mol. The van der Waals surface area contributed by atoms with Crippen molar-refractivity contribution in [3.63, 3.8) is 0 Å². The van der Waals surface area contributed by atoms with E-state index >= 15 is 0 Å². The van der Waals surface area contributed by atoms with Crippen LogP contribution < -0.4 is 10.6 Å². The summed E-state index contributed by atoms with van der Waals surface area (Å²) in [6, 6.07) is 5.44. The summed E-state index contributed by atoms with van der Waals surface area (Å²) in [4.78, 5) is 25.8. The number of halogens is 6. The number of rotatable bonds is 3. The van der Waals surface area contributed by atoms with Gasteiger partial charge in [-0.2, -0.15) is 18.3 Å². The Morgan fingerprint density at radius 1 is 1.06 bits per heavy atom. The molecule has 5 rings (SSSR count). The number of fused-ring (bicyclic) bond motifs is 3. The molecule has 1 aliphatic rings. The van der Waals surface area contributed by atoms with Gasteiger partial charge in [-0.15, -0.1) is 0 Å². The number of aromatic nitrogens is 2. The highest BCUT2D eigenvalue weighted by Crippen LogP contribution is 2.42. The molecule has 178 valence electrons. The first kappa shape index (κ1) is 22.8. The van der Waals surface area contributed by atoms with E-state index in [2.05, 4.69) is 20.8 Å². The Hall–Kier alpha value is -3.99. The van der Waals surface area contributed by atoms with Gasteiger partial charge >= 0.3 is 6.18 Å². The van der Waals surface area contributed by atoms with Crippen LogP contribution in [0, 0.1) is 11.6 Å². The minimum atomic E-state index is -4.87. The van der Waals surface area contributed by atoms with E-state index in [1.165, 1.54) is 18.3 Å². The highest BCUT2D eigenvalue weighted by Gasteiger charge is 2.37. The molecule has 35 heavy (non-hydrogen) atoms. The second kappa shape index (κ2) is 8.05. The molecule has 12 heteroatoms. The summed E-state index contributed by atoms with van der Waals surface area (Å²) in [5.41, 5.74) is -1.08. The average Bonchev–Trinajstić information content (AvgIpc) is 3.38. The summed E-state index contributed by atoms with van der Waals surface area (Å²) in [6.07, 6.45) is -3.49. The van der Waals surface area contributed by atoms with Crippen LogP contribution in [0.15, 0.2) is 48.7 Å². The zero-order chi connectivity index (χ0) is 25.1. The second-order valence-corrected chi connectivity index (χ2v) is 8.21. The lowest BCUT2D eigenvalue weighted by molar-refractivity contribution is -0.137. The van der Waals surface area contributed by atoms with E-state index in [-0.39, 0.29) is 33.5 Å². The van der Waals surface area contributed by atoms with Crippen molar-refractivity contribution < 1.29 is 31.5 Å². The number of carbonyl (C=O) groups excluding carboxylic acids is 2. The van der Waals surface area contributed by atoms with E-state index in [4.69, 9.17) is 11.6 Å². The van der Waals surface area contributed by atoms with Crippen LogP contribution in [0.3, 0.4) is 0 Å². The van der Waals surface area contributed by atoms with Gasteiger partial charge in [0.2, 0.25) is 0 Å². The van der Waals surface area contributed by atoms with Gasteiger partial charge in [-0.3, -0.25) is 14.7 Å². The maximum absolute atomic E-state index is 14.0. The normalized spacial score (nSPS) is 15.3. The smallest absolute Gasteiger partial charge is 0.341 e. The quantitative estimate of drug-likeness (QED) is 0.316. The van der Waals surface area contributed by atoms with Gasteiger partial charge in [-0.05, 0) is 42.5 Å². The minimum Gasteiger partial charge on any atom is -0.341 e. The van der Waals surface area contributed by atoms with Crippen LogP contribution in [0.5, 0.6) is 0 Å². The first-order valence-corrected chi connectivity index (χ1v) is 10.4. The fourth-order valence-corrected chi connectivity index (χ4v) is 4.30. The molecule has 1 unspecified atom stereocenters. The lowest BCUT2D eigenvalue weighted by Crippen LogP contribution is -2.21. The molecule has 0 spiro atoms. The third-order valence-electron chi connectivity index (χ3n) is 5.57. The Kier molecular flexibility index (Phi) is 5.24. The molecule has 0 fully saturated rings. The maximum atomic E-state index is 14.0. The zero-order valence-corrected chi connectivity index (χ0v) is 18.0. The summed E-state index contributed by atoms with van der Waals surface area (Å²) < 4.78 is 67.2. The molecule has 2 heterocycles. The van der Waals surface area contributed by atoms with Crippen molar-refractivity contribution in [3.8, 4) is 0 Å². The van der Waals surface area contributed by atoms with Crippen LogP contribution in [0.4, 0.5) is 27.6 Å². The molecule has 2 amide bonds. The van der Waals surface area contributed by atoms with Gasteiger partial charge in [0.05, 0.1) is 28.9 Å². The molecule has 0 radical (unpaired) electrons. The number of hydrogen-bond donors (Lipinski definition) is 3. The number of nitrogens with one attached hydrogen (secondary N) is 3. The summed E-state index contributed by atoms with van der Waals surface area (Å²) in [6.45, 7) is 0. The van der Waals surface area contributed by atoms with Gasteiger partial charge in [0, 0.05) is 32.8 Å². The molecule has 6 nitrogen and oxygen atoms in total. The second-order valence-electron chi connectivity index (χ2n) is 7.80. The van der Waals surface area contributed by atoms with Crippen molar-refractivity contribution in [1.29, 1.82) is 0 Å². The molecule has 1 aromatic heterocycles. The third-order valence-corrected chi connectivity index (χ3v) is 5.92. The standard InChI is InChI=1S/C23H12ClF5N4O2/c24-15-2-1-12(25)7-14(15)20-17-16(5-10-8-30-33-19(10)18(17)22(35)32-20)31-21(34)9-3-11(23(27,28)29)6-13(26)4-9/h1-8,20H,(H,30,33)(H,31,34)(H,32,35). The topological polar surface area (TPSA) is 86.9 Å². The van der Waals surface area contributed by atoms with E-state index in [0.717, 1.165) is 12.1 Å². The van der Waals surface area contributed by atoms with Crippen molar-refractivity contribution in [3.05, 3.63) is 93.1 Å². The summed E-state index contributed by atoms with van der Waals surface area (Å²) in [5.74, 6) is -3.49. The molecule has 0 aliphatic carbocycles. The number of amides is 2. The lowest BCUT2D eigenvalue weighted by atomic mass is 9.94. The maximum Gasteiger partial charge on any atom is 0.416 e. The van der Waals surface area contributed by atoms with Crippen molar-refractivity contribution in [2.45, 2.75) is 12.2 Å². The third kappa shape index (κ3) is 3.97. The van der Waals surface area contributed by atoms with Crippen molar-refractivity contribution in [2.75, 3.05) is 5.32 Å². The highest BCUT2D eigenvalue weighted by atomic mass is 35.5. The van der Waals surface area contributed by atoms with Gasteiger partial charge in [0.15, 0.2) is 0 Å². The molecule has 4 aromatic rings. The van der Waals surface area contributed by atoms with Crippen LogP contribution in [-0.4, -0.2) is 22.0 Å². The van der Waals surface area contributed by atoms with Crippen LogP contribution >= 0.6 is 11.6 Å².